The van der Waals surface area contributed by atoms with Gasteiger partial charge in [-0.1, -0.05) is 43.0 Å². The van der Waals surface area contributed by atoms with Gasteiger partial charge in [-0.3, -0.25) is 9.89 Å². The van der Waals surface area contributed by atoms with Gasteiger partial charge in [0, 0.05) is 5.56 Å². The molecule has 0 spiro atoms. The summed E-state index contributed by atoms with van der Waals surface area (Å²) in [6.45, 7) is 3.64. The Hall–Kier alpha value is -2.81. The molecular weight excluding hydrogens is 389 g/mol. The predicted octanol–water partition coefficient (Wildman–Crippen LogP) is 4.57. The van der Waals surface area contributed by atoms with Crippen LogP contribution >= 0.6 is 11.8 Å². The SMILES string of the molecule is CCc1ccc(-c2nc(SC(C)C(=O)Nc3ccc(F)c(F)c3F)n[nH]2)cc1. The smallest absolute Gasteiger partial charge is 0.237 e. The van der Waals surface area contributed by atoms with Gasteiger partial charge < -0.3 is 5.32 Å². The number of hydrogen-bond donors (Lipinski definition) is 2. The fourth-order valence-corrected chi connectivity index (χ4v) is 3.12. The van der Waals surface area contributed by atoms with Crippen molar-refractivity contribution in [3.8, 4) is 11.4 Å². The van der Waals surface area contributed by atoms with Crippen LogP contribution in [0.2, 0.25) is 0 Å². The fourth-order valence-electron chi connectivity index (χ4n) is 2.39. The Labute approximate surface area is 163 Å². The molecule has 0 bridgehead atoms. The van der Waals surface area contributed by atoms with E-state index < -0.39 is 34.3 Å². The number of amides is 1. The maximum Gasteiger partial charge on any atom is 0.237 e. The quantitative estimate of drug-likeness (QED) is 0.465. The molecule has 0 saturated heterocycles. The molecule has 0 aliphatic carbocycles. The third-order valence-electron chi connectivity index (χ3n) is 4.04. The molecule has 1 heterocycles. The van der Waals surface area contributed by atoms with Gasteiger partial charge in [0.2, 0.25) is 11.1 Å². The predicted molar refractivity (Wildman–Crippen MR) is 101 cm³/mol. The van der Waals surface area contributed by atoms with E-state index in [1.807, 2.05) is 24.3 Å². The van der Waals surface area contributed by atoms with E-state index in [1.165, 1.54) is 5.56 Å². The van der Waals surface area contributed by atoms with E-state index in [1.54, 1.807) is 6.92 Å². The second kappa shape index (κ2) is 8.47. The number of aryl methyl sites for hydroxylation is 1. The number of hydrogen-bond acceptors (Lipinski definition) is 4. The van der Waals surface area contributed by atoms with Gasteiger partial charge in [0.25, 0.3) is 0 Å². The average Bonchev–Trinajstić information content (AvgIpc) is 3.16. The molecule has 9 heteroatoms. The number of benzene rings is 2. The number of carbonyl (C=O) groups is 1. The third-order valence-corrected chi connectivity index (χ3v) is 5.01. The summed E-state index contributed by atoms with van der Waals surface area (Å²) in [6.07, 6.45) is 0.933. The number of H-pyrrole nitrogens is 1. The lowest BCUT2D eigenvalue weighted by Gasteiger charge is -2.11. The molecule has 0 radical (unpaired) electrons. The molecule has 1 amide bonds. The van der Waals surface area contributed by atoms with E-state index in [0.717, 1.165) is 35.9 Å². The average molecular weight is 406 g/mol. The summed E-state index contributed by atoms with van der Waals surface area (Å²) < 4.78 is 39.9. The van der Waals surface area contributed by atoms with Crippen LogP contribution < -0.4 is 5.32 Å². The molecule has 2 N–H and O–H groups in total. The van der Waals surface area contributed by atoms with Gasteiger partial charge in [0.05, 0.1) is 10.9 Å². The highest BCUT2D eigenvalue weighted by Crippen LogP contribution is 2.25. The van der Waals surface area contributed by atoms with Crippen LogP contribution in [0.25, 0.3) is 11.4 Å². The monoisotopic (exact) mass is 406 g/mol. The lowest BCUT2D eigenvalue weighted by atomic mass is 10.1. The van der Waals surface area contributed by atoms with Crippen molar-refractivity contribution in [2.24, 2.45) is 0 Å². The van der Waals surface area contributed by atoms with Crippen molar-refractivity contribution in [2.75, 3.05) is 5.32 Å². The summed E-state index contributed by atoms with van der Waals surface area (Å²) in [5.74, 6) is -4.43. The van der Waals surface area contributed by atoms with Gasteiger partial charge >= 0.3 is 0 Å². The van der Waals surface area contributed by atoms with Crippen LogP contribution in [0.5, 0.6) is 0 Å². The molecule has 28 heavy (non-hydrogen) atoms. The first kappa shape index (κ1) is 19.9. The van der Waals surface area contributed by atoms with Crippen molar-refractivity contribution in [3.63, 3.8) is 0 Å². The van der Waals surface area contributed by atoms with Crippen molar-refractivity contribution in [1.29, 1.82) is 0 Å². The Morgan fingerprint density at radius 1 is 1.14 bits per heavy atom. The van der Waals surface area contributed by atoms with Crippen molar-refractivity contribution in [2.45, 2.75) is 30.7 Å². The summed E-state index contributed by atoms with van der Waals surface area (Å²) in [5.41, 5.74) is 1.63. The highest BCUT2D eigenvalue weighted by atomic mass is 32.2. The van der Waals surface area contributed by atoms with E-state index in [9.17, 15) is 18.0 Å². The molecule has 3 aromatic rings. The summed E-state index contributed by atoms with van der Waals surface area (Å²) in [5, 5.41) is 8.77. The zero-order chi connectivity index (χ0) is 20.3. The van der Waals surface area contributed by atoms with Crippen molar-refractivity contribution in [3.05, 3.63) is 59.4 Å². The largest absolute Gasteiger partial charge is 0.323 e. The third kappa shape index (κ3) is 4.36. The van der Waals surface area contributed by atoms with Crippen LogP contribution in [-0.4, -0.2) is 26.3 Å². The van der Waals surface area contributed by atoms with Gasteiger partial charge in [-0.2, -0.15) is 0 Å². The van der Waals surface area contributed by atoms with E-state index in [4.69, 9.17) is 0 Å². The van der Waals surface area contributed by atoms with Crippen LogP contribution in [0.1, 0.15) is 19.4 Å². The number of anilines is 1. The maximum atomic E-state index is 13.7. The molecule has 3 rings (SSSR count). The minimum atomic E-state index is -1.63. The van der Waals surface area contributed by atoms with Crippen molar-refractivity contribution in [1.82, 2.24) is 15.2 Å². The molecular formula is C19H17F3N4OS. The standard InChI is InChI=1S/C19H17F3N4OS/c1-3-11-4-6-12(7-5-11)17-24-19(26-25-17)28-10(2)18(27)23-14-9-8-13(20)15(21)16(14)22/h4-10H,3H2,1-2H3,(H,23,27)(H,24,25,26). The molecule has 0 aliphatic rings. The second-order valence-corrected chi connectivity index (χ2v) is 7.30. The van der Waals surface area contributed by atoms with Crippen LogP contribution in [0.3, 0.4) is 0 Å². The molecule has 146 valence electrons. The van der Waals surface area contributed by atoms with E-state index in [-0.39, 0.29) is 0 Å². The Morgan fingerprint density at radius 3 is 2.54 bits per heavy atom. The minimum Gasteiger partial charge on any atom is -0.323 e. The van der Waals surface area contributed by atoms with Gasteiger partial charge in [-0.05, 0) is 31.0 Å². The van der Waals surface area contributed by atoms with Gasteiger partial charge in [-0.25, -0.2) is 18.2 Å². The maximum absolute atomic E-state index is 13.7. The molecule has 1 atom stereocenters. The first-order chi connectivity index (χ1) is 13.4. The normalized spacial score (nSPS) is 12.0. The van der Waals surface area contributed by atoms with E-state index in [0.29, 0.717) is 11.0 Å². The van der Waals surface area contributed by atoms with Crippen molar-refractivity contribution >= 4 is 23.4 Å². The molecule has 0 fully saturated rings. The van der Waals surface area contributed by atoms with Gasteiger partial charge in [0.1, 0.15) is 0 Å². The topological polar surface area (TPSA) is 70.7 Å². The number of rotatable bonds is 6. The highest BCUT2D eigenvalue weighted by molar-refractivity contribution is 8.00. The summed E-state index contributed by atoms with van der Waals surface area (Å²) in [6, 6.07) is 9.56. The Balaban J connectivity index is 1.66. The fraction of sp³-hybridized carbons (Fsp3) is 0.211. The first-order valence-electron chi connectivity index (χ1n) is 8.51. The summed E-state index contributed by atoms with van der Waals surface area (Å²) in [7, 11) is 0. The Bertz CT molecular complexity index is 991. The number of aromatic amines is 1. The highest BCUT2D eigenvalue weighted by Gasteiger charge is 2.21. The number of carbonyl (C=O) groups excluding carboxylic acids is 1. The van der Waals surface area contributed by atoms with Crippen LogP contribution in [0.15, 0.2) is 41.6 Å². The number of nitrogens with one attached hydrogen (secondary N) is 2. The van der Waals surface area contributed by atoms with Gasteiger partial charge in [-0.15, -0.1) is 5.10 Å². The number of nitrogens with zero attached hydrogens (tertiary/aromatic N) is 2. The first-order valence-corrected chi connectivity index (χ1v) is 9.39. The zero-order valence-electron chi connectivity index (χ0n) is 15.1. The van der Waals surface area contributed by atoms with Crippen molar-refractivity contribution < 1.29 is 18.0 Å². The molecule has 0 aliphatic heterocycles. The van der Waals surface area contributed by atoms with Gasteiger partial charge in [0.15, 0.2) is 23.3 Å². The van der Waals surface area contributed by atoms with Crippen LogP contribution in [-0.2, 0) is 11.2 Å². The van der Waals surface area contributed by atoms with E-state index in [2.05, 4.69) is 27.4 Å². The number of aromatic nitrogens is 3. The summed E-state index contributed by atoms with van der Waals surface area (Å²) in [4.78, 5) is 16.6. The van der Waals surface area contributed by atoms with Crippen LogP contribution in [0.4, 0.5) is 18.9 Å². The summed E-state index contributed by atoms with van der Waals surface area (Å²) >= 11 is 1.05. The van der Waals surface area contributed by atoms with E-state index >= 15 is 0 Å². The number of thioether (sulfide) groups is 1. The Morgan fingerprint density at radius 2 is 1.86 bits per heavy atom. The molecule has 0 saturated carbocycles. The molecule has 5 nitrogen and oxygen atoms in total. The van der Waals surface area contributed by atoms with Crippen LogP contribution in [0, 0.1) is 17.5 Å². The lowest BCUT2D eigenvalue weighted by molar-refractivity contribution is -0.115. The lowest BCUT2D eigenvalue weighted by Crippen LogP contribution is -2.23. The Kier molecular flexibility index (Phi) is 6.03. The number of halogens is 3. The minimum absolute atomic E-state index is 0.336. The zero-order valence-corrected chi connectivity index (χ0v) is 15.9. The molecule has 2 aromatic carbocycles. The molecule has 1 unspecified atom stereocenters. The second-order valence-electron chi connectivity index (χ2n) is 5.99. The molecule has 1 aromatic heterocycles.